The number of rotatable bonds is 5. The maximum absolute atomic E-state index is 14.9. The van der Waals surface area contributed by atoms with Crippen LogP contribution < -0.4 is 0 Å². The van der Waals surface area contributed by atoms with Crippen molar-refractivity contribution in [3.63, 3.8) is 0 Å². The zero-order valence-corrected chi connectivity index (χ0v) is 18.2. The highest BCUT2D eigenvalue weighted by Gasteiger charge is 2.36. The highest BCUT2D eigenvalue weighted by molar-refractivity contribution is 5.65. The molecule has 0 spiro atoms. The van der Waals surface area contributed by atoms with Gasteiger partial charge in [0.25, 0.3) is 0 Å². The molecule has 4 atom stereocenters. The molecule has 0 N–H and O–H groups in total. The van der Waals surface area contributed by atoms with Gasteiger partial charge >= 0.3 is 6.18 Å². The van der Waals surface area contributed by atoms with Gasteiger partial charge in [0.15, 0.2) is 0 Å². The maximum atomic E-state index is 14.9. The van der Waals surface area contributed by atoms with Crippen LogP contribution in [0.3, 0.4) is 0 Å². The summed E-state index contributed by atoms with van der Waals surface area (Å²) in [5.41, 5.74) is 1.17. The van der Waals surface area contributed by atoms with Crippen LogP contribution in [-0.2, 0) is 6.18 Å². The largest absolute Gasteiger partial charge is 0.416 e. The van der Waals surface area contributed by atoms with Crippen molar-refractivity contribution in [1.29, 1.82) is 0 Å². The van der Waals surface area contributed by atoms with Crippen LogP contribution in [0.2, 0.25) is 0 Å². The molecular formula is C27H32F4. The lowest BCUT2D eigenvalue weighted by Gasteiger charge is -2.42. The van der Waals surface area contributed by atoms with Crippen molar-refractivity contribution < 1.29 is 17.6 Å². The van der Waals surface area contributed by atoms with Gasteiger partial charge in [0.2, 0.25) is 0 Å². The highest BCUT2D eigenvalue weighted by Crippen LogP contribution is 2.48. The lowest BCUT2D eigenvalue weighted by Crippen LogP contribution is -2.30. The Morgan fingerprint density at radius 3 is 2.26 bits per heavy atom. The minimum absolute atomic E-state index is 0.345. The van der Waals surface area contributed by atoms with E-state index in [-0.39, 0.29) is 5.82 Å². The van der Waals surface area contributed by atoms with Crippen molar-refractivity contribution in [1.82, 2.24) is 0 Å². The Kier molecular flexibility index (Phi) is 6.74. The van der Waals surface area contributed by atoms with E-state index in [4.69, 9.17) is 0 Å². The Hall–Kier alpha value is -1.84. The number of fused-ring (bicyclic) bond motifs is 1. The molecule has 2 aliphatic rings. The molecule has 4 heteroatoms. The first-order chi connectivity index (χ1) is 14.8. The summed E-state index contributed by atoms with van der Waals surface area (Å²) in [7, 11) is 0. The minimum Gasteiger partial charge on any atom is -0.206 e. The first-order valence-electron chi connectivity index (χ1n) is 11.8. The lowest BCUT2D eigenvalue weighted by atomic mass is 9.63. The summed E-state index contributed by atoms with van der Waals surface area (Å²) in [6, 6.07) is 10.1. The Labute approximate surface area is 183 Å². The van der Waals surface area contributed by atoms with Gasteiger partial charge in [0.05, 0.1) is 5.56 Å². The molecule has 2 saturated carbocycles. The van der Waals surface area contributed by atoms with E-state index in [1.807, 2.05) is 6.07 Å². The summed E-state index contributed by atoms with van der Waals surface area (Å²) in [4.78, 5) is 0. The molecule has 4 rings (SSSR count). The summed E-state index contributed by atoms with van der Waals surface area (Å²) in [5, 5.41) is 0. The molecule has 0 amide bonds. The van der Waals surface area contributed by atoms with Gasteiger partial charge in [-0.2, -0.15) is 13.2 Å². The van der Waals surface area contributed by atoms with Crippen molar-refractivity contribution in [3.8, 4) is 11.1 Å². The van der Waals surface area contributed by atoms with Gasteiger partial charge in [0.1, 0.15) is 5.82 Å². The lowest BCUT2D eigenvalue weighted by molar-refractivity contribution is -0.137. The molecule has 0 bridgehead atoms. The summed E-state index contributed by atoms with van der Waals surface area (Å²) in [6.45, 7) is 2.26. The Morgan fingerprint density at radius 2 is 1.58 bits per heavy atom. The number of unbranched alkanes of at least 4 members (excludes halogenated alkanes) is 1. The molecule has 0 aromatic heterocycles. The quantitative estimate of drug-likeness (QED) is 0.414. The molecule has 31 heavy (non-hydrogen) atoms. The summed E-state index contributed by atoms with van der Waals surface area (Å²) >= 11 is 0. The van der Waals surface area contributed by atoms with Crippen LogP contribution in [0.25, 0.3) is 11.1 Å². The summed E-state index contributed by atoms with van der Waals surface area (Å²) in [6.07, 6.45) is 7.13. The molecule has 1 unspecified atom stereocenters. The average molecular weight is 433 g/mol. The minimum atomic E-state index is -4.38. The van der Waals surface area contributed by atoms with E-state index in [0.29, 0.717) is 17.0 Å². The topological polar surface area (TPSA) is 0 Å². The Morgan fingerprint density at radius 1 is 0.871 bits per heavy atom. The molecule has 0 radical (unpaired) electrons. The summed E-state index contributed by atoms with van der Waals surface area (Å²) in [5.74, 6) is 2.54. The maximum Gasteiger partial charge on any atom is 0.416 e. The fraction of sp³-hybridized carbons (Fsp3) is 0.556. The van der Waals surface area contributed by atoms with Crippen LogP contribution in [0.1, 0.15) is 81.8 Å². The van der Waals surface area contributed by atoms with E-state index >= 15 is 0 Å². The molecule has 0 nitrogen and oxygen atoms in total. The van der Waals surface area contributed by atoms with E-state index in [1.54, 1.807) is 12.1 Å². The molecule has 168 valence electrons. The number of alkyl halides is 3. The Bertz CT molecular complexity index is 868. The van der Waals surface area contributed by atoms with Crippen molar-refractivity contribution in [3.05, 3.63) is 59.4 Å². The van der Waals surface area contributed by atoms with Gasteiger partial charge in [-0.15, -0.1) is 0 Å². The number of hydrogen-bond acceptors (Lipinski definition) is 0. The molecule has 0 aliphatic heterocycles. The third-order valence-corrected chi connectivity index (χ3v) is 7.68. The fourth-order valence-electron chi connectivity index (χ4n) is 5.90. The highest BCUT2D eigenvalue weighted by atomic mass is 19.4. The second kappa shape index (κ2) is 9.34. The van der Waals surface area contributed by atoms with Gasteiger partial charge in [-0.05, 0) is 85.1 Å². The van der Waals surface area contributed by atoms with Gasteiger partial charge in [-0.25, -0.2) is 4.39 Å². The van der Waals surface area contributed by atoms with E-state index in [2.05, 4.69) is 6.92 Å². The van der Waals surface area contributed by atoms with E-state index < -0.39 is 11.7 Å². The van der Waals surface area contributed by atoms with Crippen LogP contribution in [-0.4, -0.2) is 0 Å². The Balaban J connectivity index is 1.42. The van der Waals surface area contributed by atoms with Crippen molar-refractivity contribution in [2.45, 2.75) is 76.8 Å². The molecule has 2 aliphatic carbocycles. The van der Waals surface area contributed by atoms with Gasteiger partial charge in [0, 0.05) is 5.56 Å². The zero-order chi connectivity index (χ0) is 22.0. The molecule has 2 aromatic carbocycles. The molecule has 2 aromatic rings. The van der Waals surface area contributed by atoms with Crippen molar-refractivity contribution >= 4 is 0 Å². The monoisotopic (exact) mass is 432 g/mol. The first-order valence-corrected chi connectivity index (χ1v) is 11.8. The van der Waals surface area contributed by atoms with Crippen LogP contribution in [0.4, 0.5) is 17.6 Å². The molecule has 0 saturated heterocycles. The van der Waals surface area contributed by atoms with Crippen molar-refractivity contribution in [2.75, 3.05) is 0 Å². The van der Waals surface area contributed by atoms with E-state index in [9.17, 15) is 17.6 Å². The third kappa shape index (κ3) is 5.15. The molecule has 0 heterocycles. The van der Waals surface area contributed by atoms with Crippen LogP contribution in [0.15, 0.2) is 42.5 Å². The number of halogens is 4. The van der Waals surface area contributed by atoms with E-state index in [1.165, 1.54) is 57.1 Å². The summed E-state index contributed by atoms with van der Waals surface area (Å²) < 4.78 is 53.2. The standard InChI is InChI=1S/C27H32F4/c1-2-3-4-18-5-6-21-16-22(8-7-20(21)15-18)23-11-14-25(26(28)17-23)19-9-12-24(13-10-19)27(29,30)31/h9-14,17-18,20-22H,2-8,15-16H2,1H3/t18?,20-,21-,22-/m1/s1. The van der Waals surface area contributed by atoms with Crippen molar-refractivity contribution in [2.24, 2.45) is 17.8 Å². The van der Waals surface area contributed by atoms with Gasteiger partial charge in [-0.1, -0.05) is 56.9 Å². The molecular weight excluding hydrogens is 400 g/mol. The fourth-order valence-corrected chi connectivity index (χ4v) is 5.90. The predicted octanol–water partition coefficient (Wildman–Crippen LogP) is 9.00. The number of benzene rings is 2. The number of hydrogen-bond donors (Lipinski definition) is 0. The van der Waals surface area contributed by atoms with Crippen LogP contribution in [0, 0.1) is 23.6 Å². The normalized spacial score (nSPS) is 26.5. The smallest absolute Gasteiger partial charge is 0.206 e. The van der Waals surface area contributed by atoms with Gasteiger partial charge in [-0.3, -0.25) is 0 Å². The second-order valence-corrected chi connectivity index (χ2v) is 9.67. The first kappa shape index (κ1) is 22.4. The van der Waals surface area contributed by atoms with E-state index in [0.717, 1.165) is 48.3 Å². The SMILES string of the molecule is CCCCC1CC[C@@H]2C[C@H](c3ccc(-c4ccc(C(F)(F)F)cc4)c(F)c3)CC[C@@H]2C1. The molecule has 2 fully saturated rings. The average Bonchev–Trinajstić information content (AvgIpc) is 2.76. The second-order valence-electron chi connectivity index (χ2n) is 9.67. The zero-order valence-electron chi connectivity index (χ0n) is 18.2. The predicted molar refractivity (Wildman–Crippen MR) is 117 cm³/mol. The van der Waals surface area contributed by atoms with Crippen LogP contribution >= 0.6 is 0 Å². The third-order valence-electron chi connectivity index (χ3n) is 7.68. The van der Waals surface area contributed by atoms with Crippen LogP contribution in [0.5, 0.6) is 0 Å². The van der Waals surface area contributed by atoms with Gasteiger partial charge < -0.3 is 0 Å².